The Balaban J connectivity index is 1.97. The number of nitrogens with one attached hydrogen (secondary N) is 1. The molecule has 0 saturated heterocycles. The van der Waals surface area contributed by atoms with E-state index in [1.807, 2.05) is 35.8 Å². The van der Waals surface area contributed by atoms with E-state index in [-0.39, 0.29) is 5.56 Å². The molecular formula is C17H15F2N3O. The average Bonchev–Trinajstić information content (AvgIpc) is 2.84. The first-order chi connectivity index (χ1) is 11.1. The number of carbonyl (C=O) groups excluding carboxylic acids is 1. The SMILES string of the molecule is CCCn1c(NC(=O)c2cc(F)cc(F)c2)nc2ccccc21. The highest BCUT2D eigenvalue weighted by Gasteiger charge is 2.15. The molecule has 4 nitrogen and oxygen atoms in total. The molecule has 0 radical (unpaired) electrons. The number of carbonyl (C=O) groups is 1. The molecule has 3 aromatic rings. The van der Waals surface area contributed by atoms with Crippen LogP contribution in [0.2, 0.25) is 0 Å². The monoisotopic (exact) mass is 315 g/mol. The van der Waals surface area contributed by atoms with Gasteiger partial charge in [-0.25, -0.2) is 13.8 Å². The topological polar surface area (TPSA) is 46.9 Å². The lowest BCUT2D eigenvalue weighted by Crippen LogP contribution is -2.16. The van der Waals surface area contributed by atoms with E-state index in [0.717, 1.165) is 35.7 Å². The Morgan fingerprint density at radius 2 is 1.87 bits per heavy atom. The molecule has 1 aromatic heterocycles. The summed E-state index contributed by atoms with van der Waals surface area (Å²) in [6, 6.07) is 10.2. The first kappa shape index (κ1) is 15.1. The predicted molar refractivity (Wildman–Crippen MR) is 84.3 cm³/mol. The number of para-hydroxylation sites is 2. The van der Waals surface area contributed by atoms with Gasteiger partial charge < -0.3 is 4.57 Å². The van der Waals surface area contributed by atoms with Crippen molar-refractivity contribution in [3.05, 3.63) is 59.7 Å². The van der Waals surface area contributed by atoms with Gasteiger partial charge in [0, 0.05) is 18.2 Å². The largest absolute Gasteiger partial charge is 0.310 e. The van der Waals surface area contributed by atoms with Crippen LogP contribution in [0.25, 0.3) is 11.0 Å². The number of fused-ring (bicyclic) bond motifs is 1. The van der Waals surface area contributed by atoms with E-state index in [9.17, 15) is 13.6 Å². The van der Waals surface area contributed by atoms with Crippen molar-refractivity contribution in [2.75, 3.05) is 5.32 Å². The fourth-order valence-electron chi connectivity index (χ4n) is 2.48. The van der Waals surface area contributed by atoms with Crippen molar-refractivity contribution in [2.24, 2.45) is 0 Å². The molecule has 0 atom stereocenters. The van der Waals surface area contributed by atoms with Crippen LogP contribution in [0.3, 0.4) is 0 Å². The Labute approximate surface area is 131 Å². The molecule has 3 rings (SSSR count). The zero-order chi connectivity index (χ0) is 16.4. The Bertz CT molecular complexity index is 853. The number of nitrogens with zero attached hydrogens (tertiary/aromatic N) is 2. The second-order valence-electron chi connectivity index (χ2n) is 5.19. The number of halogens is 2. The number of hydrogen-bond acceptors (Lipinski definition) is 2. The summed E-state index contributed by atoms with van der Waals surface area (Å²) in [6.07, 6.45) is 0.859. The first-order valence-corrected chi connectivity index (χ1v) is 7.31. The van der Waals surface area contributed by atoms with Gasteiger partial charge in [-0.15, -0.1) is 0 Å². The maximum absolute atomic E-state index is 13.3. The zero-order valence-corrected chi connectivity index (χ0v) is 12.5. The minimum absolute atomic E-state index is 0.0856. The van der Waals surface area contributed by atoms with Gasteiger partial charge in [0.25, 0.3) is 5.91 Å². The molecule has 0 aliphatic carbocycles. The third-order valence-corrected chi connectivity index (χ3v) is 3.45. The molecule has 0 aliphatic rings. The summed E-state index contributed by atoms with van der Waals surface area (Å²) in [7, 11) is 0. The van der Waals surface area contributed by atoms with Crippen LogP contribution in [0.1, 0.15) is 23.7 Å². The lowest BCUT2D eigenvalue weighted by atomic mass is 10.2. The highest BCUT2D eigenvalue weighted by Crippen LogP contribution is 2.21. The van der Waals surface area contributed by atoms with Gasteiger partial charge in [0.2, 0.25) is 5.95 Å². The smallest absolute Gasteiger partial charge is 0.258 e. The number of amides is 1. The van der Waals surface area contributed by atoms with Crippen molar-refractivity contribution in [3.63, 3.8) is 0 Å². The molecule has 0 bridgehead atoms. The Hall–Kier alpha value is -2.76. The maximum atomic E-state index is 13.3. The molecule has 1 N–H and O–H groups in total. The van der Waals surface area contributed by atoms with Gasteiger partial charge in [-0.2, -0.15) is 0 Å². The van der Waals surface area contributed by atoms with Crippen molar-refractivity contribution < 1.29 is 13.6 Å². The van der Waals surface area contributed by atoms with E-state index in [1.165, 1.54) is 0 Å². The second kappa shape index (κ2) is 6.16. The Kier molecular flexibility index (Phi) is 4.06. The quantitative estimate of drug-likeness (QED) is 0.791. The Morgan fingerprint density at radius 3 is 2.57 bits per heavy atom. The third-order valence-electron chi connectivity index (χ3n) is 3.45. The van der Waals surface area contributed by atoms with Gasteiger partial charge in [0.1, 0.15) is 11.6 Å². The number of benzene rings is 2. The maximum Gasteiger partial charge on any atom is 0.258 e. The summed E-state index contributed by atoms with van der Waals surface area (Å²) < 4.78 is 28.4. The van der Waals surface area contributed by atoms with Gasteiger partial charge in [-0.05, 0) is 30.7 Å². The Morgan fingerprint density at radius 1 is 1.17 bits per heavy atom. The van der Waals surface area contributed by atoms with Crippen LogP contribution < -0.4 is 5.32 Å². The summed E-state index contributed by atoms with van der Waals surface area (Å²) >= 11 is 0. The molecule has 0 fully saturated rings. The zero-order valence-electron chi connectivity index (χ0n) is 12.5. The molecule has 118 valence electrons. The molecule has 0 unspecified atom stereocenters. The van der Waals surface area contributed by atoms with Crippen LogP contribution >= 0.6 is 0 Å². The van der Waals surface area contributed by atoms with Crippen molar-refractivity contribution in [2.45, 2.75) is 19.9 Å². The third kappa shape index (κ3) is 3.06. The number of aryl methyl sites for hydroxylation is 1. The minimum Gasteiger partial charge on any atom is -0.310 e. The molecule has 0 aliphatic heterocycles. The molecule has 0 saturated carbocycles. The lowest BCUT2D eigenvalue weighted by Gasteiger charge is -2.09. The summed E-state index contributed by atoms with van der Waals surface area (Å²) in [6.45, 7) is 2.69. The fourth-order valence-corrected chi connectivity index (χ4v) is 2.48. The molecule has 0 spiro atoms. The number of rotatable bonds is 4. The fraction of sp³-hybridized carbons (Fsp3) is 0.176. The van der Waals surface area contributed by atoms with Crippen LogP contribution in [0.5, 0.6) is 0 Å². The lowest BCUT2D eigenvalue weighted by molar-refractivity contribution is 0.102. The van der Waals surface area contributed by atoms with Crippen LogP contribution in [-0.4, -0.2) is 15.5 Å². The summed E-state index contributed by atoms with van der Waals surface area (Å²) in [4.78, 5) is 16.6. The van der Waals surface area contributed by atoms with Gasteiger partial charge >= 0.3 is 0 Å². The van der Waals surface area contributed by atoms with E-state index in [1.54, 1.807) is 0 Å². The van der Waals surface area contributed by atoms with Crippen LogP contribution in [0, 0.1) is 11.6 Å². The van der Waals surface area contributed by atoms with Gasteiger partial charge in [-0.1, -0.05) is 19.1 Å². The molecule has 1 amide bonds. The van der Waals surface area contributed by atoms with Crippen molar-refractivity contribution in [1.82, 2.24) is 9.55 Å². The minimum atomic E-state index is -0.794. The standard InChI is InChI=1S/C17H15F2N3O/c1-2-7-22-15-6-4-3-5-14(15)20-17(22)21-16(23)11-8-12(18)10-13(19)9-11/h3-6,8-10H,2,7H2,1H3,(H,20,21,23). The number of aromatic nitrogens is 2. The summed E-state index contributed by atoms with van der Waals surface area (Å²) in [5.41, 5.74) is 1.56. The van der Waals surface area contributed by atoms with Crippen LogP contribution in [-0.2, 0) is 6.54 Å². The summed E-state index contributed by atoms with van der Waals surface area (Å²) in [5, 5.41) is 2.64. The second-order valence-corrected chi connectivity index (χ2v) is 5.19. The highest BCUT2D eigenvalue weighted by molar-refractivity contribution is 6.04. The van der Waals surface area contributed by atoms with Gasteiger partial charge in [0.05, 0.1) is 11.0 Å². The first-order valence-electron chi connectivity index (χ1n) is 7.31. The molecule has 1 heterocycles. The molecule has 23 heavy (non-hydrogen) atoms. The van der Waals surface area contributed by atoms with Crippen molar-refractivity contribution in [3.8, 4) is 0 Å². The van der Waals surface area contributed by atoms with E-state index >= 15 is 0 Å². The van der Waals surface area contributed by atoms with E-state index in [0.29, 0.717) is 12.5 Å². The average molecular weight is 315 g/mol. The van der Waals surface area contributed by atoms with Gasteiger partial charge in [0.15, 0.2) is 0 Å². The normalized spacial score (nSPS) is 10.9. The van der Waals surface area contributed by atoms with E-state index in [4.69, 9.17) is 0 Å². The number of anilines is 1. The number of imidazole rings is 1. The van der Waals surface area contributed by atoms with E-state index < -0.39 is 17.5 Å². The predicted octanol–water partition coefficient (Wildman–Crippen LogP) is 3.98. The molecule has 2 aromatic carbocycles. The van der Waals surface area contributed by atoms with Crippen molar-refractivity contribution >= 4 is 22.9 Å². The summed E-state index contributed by atoms with van der Waals surface area (Å²) in [5.74, 6) is -1.83. The molecule has 6 heteroatoms. The van der Waals surface area contributed by atoms with Gasteiger partial charge in [-0.3, -0.25) is 10.1 Å². The highest BCUT2D eigenvalue weighted by atomic mass is 19.1. The van der Waals surface area contributed by atoms with E-state index in [2.05, 4.69) is 10.3 Å². The van der Waals surface area contributed by atoms with Crippen LogP contribution in [0.15, 0.2) is 42.5 Å². The van der Waals surface area contributed by atoms with Crippen LogP contribution in [0.4, 0.5) is 14.7 Å². The van der Waals surface area contributed by atoms with Crippen molar-refractivity contribution in [1.29, 1.82) is 0 Å². The number of hydrogen-bond donors (Lipinski definition) is 1. The molecular weight excluding hydrogens is 300 g/mol.